The molecular formula is C19H23ClN4O5. The summed E-state index contributed by atoms with van der Waals surface area (Å²) in [5.41, 5.74) is -0.390. The zero-order valence-corrected chi connectivity index (χ0v) is 17.3. The second-order valence-electron chi connectivity index (χ2n) is 7.01. The van der Waals surface area contributed by atoms with Gasteiger partial charge in [-0.1, -0.05) is 11.6 Å². The summed E-state index contributed by atoms with van der Waals surface area (Å²) in [7, 11) is 1.23. The van der Waals surface area contributed by atoms with Crippen LogP contribution < -0.4 is 16.2 Å². The molecule has 0 bridgehead atoms. The van der Waals surface area contributed by atoms with Crippen LogP contribution in [-0.2, 0) is 16.1 Å². The van der Waals surface area contributed by atoms with E-state index in [2.05, 4.69) is 20.4 Å². The van der Waals surface area contributed by atoms with Crippen LogP contribution in [0.5, 0.6) is 0 Å². The van der Waals surface area contributed by atoms with Crippen LogP contribution >= 0.6 is 11.6 Å². The summed E-state index contributed by atoms with van der Waals surface area (Å²) in [5.74, 6) is -0.115. The zero-order chi connectivity index (χ0) is 21.8. The topological polar surface area (TPSA) is 123 Å². The second-order valence-corrected chi connectivity index (χ2v) is 7.45. The molecule has 0 unspecified atom stereocenters. The van der Waals surface area contributed by atoms with E-state index in [1.165, 1.54) is 23.8 Å². The van der Waals surface area contributed by atoms with E-state index in [0.29, 0.717) is 27.8 Å². The predicted octanol–water partition coefficient (Wildman–Crippen LogP) is 1.94. The number of hydrogen-bond donors (Lipinski definition) is 3. The Kier molecular flexibility index (Phi) is 6.99. The number of ether oxygens (including phenoxy) is 1. The van der Waals surface area contributed by atoms with Crippen molar-refractivity contribution in [2.24, 2.45) is 0 Å². The number of hydrogen-bond acceptors (Lipinski definition) is 6. The Bertz CT molecular complexity index is 982. The van der Waals surface area contributed by atoms with Crippen LogP contribution in [0.2, 0.25) is 5.02 Å². The lowest BCUT2D eigenvalue weighted by atomic mass is 10.1. The Morgan fingerprint density at radius 1 is 1.31 bits per heavy atom. The van der Waals surface area contributed by atoms with Gasteiger partial charge in [-0.3, -0.25) is 19.5 Å². The van der Waals surface area contributed by atoms with Gasteiger partial charge in [0.1, 0.15) is 12.4 Å². The molecular weight excluding hydrogens is 400 g/mol. The molecule has 2 amide bonds. The fraction of sp³-hybridized carbons (Fsp3) is 0.368. The highest BCUT2D eigenvalue weighted by molar-refractivity contribution is 6.31. The maximum atomic E-state index is 12.6. The number of rotatable bonds is 6. The van der Waals surface area contributed by atoms with Crippen LogP contribution in [0.25, 0.3) is 11.3 Å². The fourth-order valence-corrected chi connectivity index (χ4v) is 2.64. The number of amides is 2. The number of methoxy groups -OCH3 is 1. The quantitative estimate of drug-likeness (QED) is 0.653. The second kappa shape index (κ2) is 9.06. The molecule has 2 rings (SSSR count). The van der Waals surface area contributed by atoms with Crippen LogP contribution in [-0.4, -0.2) is 45.9 Å². The molecule has 0 aliphatic rings. The molecule has 0 fully saturated rings. The van der Waals surface area contributed by atoms with Crippen molar-refractivity contribution in [3.05, 3.63) is 45.5 Å². The fourth-order valence-electron chi connectivity index (χ4n) is 2.47. The molecule has 10 heteroatoms. The van der Waals surface area contributed by atoms with Gasteiger partial charge in [-0.15, -0.1) is 0 Å². The minimum absolute atomic E-state index is 0.0540. The lowest BCUT2D eigenvalue weighted by molar-refractivity contribution is -0.122. The SMILES string of the molecule is COC(=O)Nc1cc(Cl)ccc1-c1cc(=O)n(CC(=O)NCC(C)(C)O)c(C)n1. The number of benzene rings is 1. The molecule has 3 N–H and O–H groups in total. The number of halogens is 1. The number of aromatic nitrogens is 2. The number of carbonyl (C=O) groups is 2. The van der Waals surface area contributed by atoms with E-state index in [1.54, 1.807) is 32.9 Å². The number of aliphatic hydroxyl groups is 1. The molecule has 9 nitrogen and oxygen atoms in total. The largest absolute Gasteiger partial charge is 0.453 e. The molecule has 0 spiro atoms. The van der Waals surface area contributed by atoms with Crippen molar-refractivity contribution in [1.82, 2.24) is 14.9 Å². The molecule has 0 saturated heterocycles. The summed E-state index contributed by atoms with van der Waals surface area (Å²) in [4.78, 5) is 40.6. The maximum absolute atomic E-state index is 12.6. The van der Waals surface area contributed by atoms with Crippen molar-refractivity contribution < 1.29 is 19.4 Å². The van der Waals surface area contributed by atoms with Gasteiger partial charge in [-0.2, -0.15) is 0 Å². The summed E-state index contributed by atoms with van der Waals surface area (Å²) in [6.45, 7) is 4.54. The van der Waals surface area contributed by atoms with Crippen LogP contribution in [0.1, 0.15) is 19.7 Å². The number of nitrogens with zero attached hydrogens (tertiary/aromatic N) is 2. The van der Waals surface area contributed by atoms with Gasteiger partial charge < -0.3 is 15.2 Å². The van der Waals surface area contributed by atoms with E-state index in [4.69, 9.17) is 11.6 Å². The molecule has 0 saturated carbocycles. The van der Waals surface area contributed by atoms with E-state index < -0.39 is 23.2 Å². The average Bonchev–Trinajstić information content (AvgIpc) is 2.62. The summed E-state index contributed by atoms with van der Waals surface area (Å²) >= 11 is 6.00. The van der Waals surface area contributed by atoms with Crippen molar-refractivity contribution in [3.63, 3.8) is 0 Å². The molecule has 1 heterocycles. The van der Waals surface area contributed by atoms with E-state index in [1.807, 2.05) is 0 Å². The van der Waals surface area contributed by atoms with Crippen LogP contribution in [0.15, 0.2) is 29.1 Å². The Balaban J connectivity index is 2.33. The molecule has 1 aromatic carbocycles. The molecule has 156 valence electrons. The van der Waals surface area contributed by atoms with Gasteiger partial charge >= 0.3 is 6.09 Å². The molecule has 0 radical (unpaired) electrons. The van der Waals surface area contributed by atoms with Crippen LogP contribution in [0.4, 0.5) is 10.5 Å². The molecule has 29 heavy (non-hydrogen) atoms. The number of carbonyl (C=O) groups excluding carboxylic acids is 2. The van der Waals surface area contributed by atoms with Gasteiger partial charge in [-0.25, -0.2) is 9.78 Å². The number of aryl methyl sites for hydroxylation is 1. The monoisotopic (exact) mass is 422 g/mol. The first-order valence-electron chi connectivity index (χ1n) is 8.72. The average molecular weight is 423 g/mol. The van der Waals surface area contributed by atoms with E-state index in [-0.39, 0.29) is 13.1 Å². The van der Waals surface area contributed by atoms with Gasteiger partial charge in [0.05, 0.1) is 24.1 Å². The molecule has 0 aliphatic heterocycles. The van der Waals surface area contributed by atoms with E-state index >= 15 is 0 Å². The Hall–Kier alpha value is -2.91. The summed E-state index contributed by atoms with van der Waals surface area (Å²) in [6, 6.07) is 6.00. The van der Waals surface area contributed by atoms with E-state index in [9.17, 15) is 19.5 Å². The minimum Gasteiger partial charge on any atom is -0.453 e. The standard InChI is InChI=1S/C19H23ClN4O5/c1-11-22-15(13-6-5-12(20)7-14(13)23-18(27)29-4)8-17(26)24(11)9-16(25)21-10-19(2,3)28/h5-8,28H,9-10H2,1-4H3,(H,21,25)(H,23,27). The third kappa shape index (κ3) is 6.30. The Labute approximate surface area is 172 Å². The first-order chi connectivity index (χ1) is 13.5. The molecule has 0 aliphatic carbocycles. The molecule has 0 atom stereocenters. The van der Waals surface area contributed by atoms with Crippen molar-refractivity contribution in [2.45, 2.75) is 32.9 Å². The lowest BCUT2D eigenvalue weighted by Crippen LogP contribution is -2.41. The van der Waals surface area contributed by atoms with Gasteiger partial charge in [0.25, 0.3) is 5.56 Å². The highest BCUT2D eigenvalue weighted by atomic mass is 35.5. The summed E-state index contributed by atoms with van der Waals surface area (Å²) in [6.07, 6.45) is -0.693. The van der Waals surface area contributed by atoms with Gasteiger partial charge in [-0.05, 0) is 39.0 Å². The zero-order valence-electron chi connectivity index (χ0n) is 16.6. The van der Waals surface area contributed by atoms with Crippen LogP contribution in [0, 0.1) is 6.92 Å². The minimum atomic E-state index is -1.06. The van der Waals surface area contributed by atoms with Crippen molar-refractivity contribution in [1.29, 1.82) is 0 Å². The first kappa shape index (κ1) is 22.4. The summed E-state index contributed by atoms with van der Waals surface area (Å²) in [5, 5.41) is 15.2. The summed E-state index contributed by atoms with van der Waals surface area (Å²) < 4.78 is 5.82. The van der Waals surface area contributed by atoms with Gasteiger partial charge in [0.15, 0.2) is 0 Å². The lowest BCUT2D eigenvalue weighted by Gasteiger charge is -2.18. The number of anilines is 1. The van der Waals surface area contributed by atoms with Gasteiger partial charge in [0, 0.05) is 23.2 Å². The molecule has 2 aromatic rings. The third-order valence-corrected chi connectivity index (χ3v) is 4.13. The first-order valence-corrected chi connectivity index (χ1v) is 9.10. The van der Waals surface area contributed by atoms with Crippen molar-refractivity contribution in [2.75, 3.05) is 19.0 Å². The smallest absolute Gasteiger partial charge is 0.411 e. The highest BCUT2D eigenvalue weighted by Crippen LogP contribution is 2.29. The third-order valence-electron chi connectivity index (χ3n) is 3.90. The maximum Gasteiger partial charge on any atom is 0.411 e. The van der Waals surface area contributed by atoms with Gasteiger partial charge in [0.2, 0.25) is 5.91 Å². The van der Waals surface area contributed by atoms with E-state index in [0.717, 1.165) is 0 Å². The number of nitrogens with one attached hydrogen (secondary N) is 2. The van der Waals surface area contributed by atoms with Crippen LogP contribution in [0.3, 0.4) is 0 Å². The Morgan fingerprint density at radius 3 is 2.59 bits per heavy atom. The molecule has 1 aromatic heterocycles. The Morgan fingerprint density at radius 2 is 2.00 bits per heavy atom. The van der Waals surface area contributed by atoms with Crippen molar-refractivity contribution in [3.8, 4) is 11.3 Å². The highest BCUT2D eigenvalue weighted by Gasteiger charge is 2.17. The normalized spacial score (nSPS) is 11.1. The van der Waals surface area contributed by atoms with Crippen molar-refractivity contribution >= 4 is 29.3 Å². The predicted molar refractivity (Wildman–Crippen MR) is 109 cm³/mol.